The molecule has 61 heavy (non-hydrogen) atoms. The number of aliphatic hydroxyl groups excluding tert-OH is 2. The van der Waals surface area contributed by atoms with Crippen LogP contribution in [-0.4, -0.2) is 46.9 Å². The molecule has 6 nitrogen and oxygen atoms in total. The van der Waals surface area contributed by atoms with E-state index in [4.69, 9.17) is 4.74 Å². The molecule has 0 aliphatic heterocycles. The Morgan fingerprint density at radius 3 is 1.38 bits per heavy atom. The van der Waals surface area contributed by atoms with Crippen molar-refractivity contribution < 1.29 is 24.5 Å². The fraction of sp³-hybridized carbons (Fsp3) is 0.709. The Morgan fingerprint density at radius 1 is 0.492 bits per heavy atom. The lowest BCUT2D eigenvalue weighted by molar-refractivity contribution is -0.150. The zero-order valence-corrected chi connectivity index (χ0v) is 39.8. The molecular formula is C55H95NO5. The minimum Gasteiger partial charge on any atom is -0.462 e. The SMILES string of the molecule is CC/C=C\C/C=C\C/C=C\C/C=C\C/C=C\CCCC(CC(=O)NC(CO)C(O)CCCCCCCCCCCCCC)OC(=O)CC/C=C/C/C=C\CCCCCCCC. The normalized spacial score (nSPS) is 14.0. The number of carbonyl (C=O) groups is 2. The highest BCUT2D eigenvalue weighted by Crippen LogP contribution is 2.16. The average molecular weight is 850 g/mol. The van der Waals surface area contributed by atoms with Gasteiger partial charge in [0.15, 0.2) is 0 Å². The van der Waals surface area contributed by atoms with E-state index in [1.165, 1.54) is 96.3 Å². The quantitative estimate of drug-likeness (QED) is 0.0322. The second-order valence-corrected chi connectivity index (χ2v) is 16.8. The van der Waals surface area contributed by atoms with E-state index in [-0.39, 0.29) is 31.3 Å². The zero-order valence-electron chi connectivity index (χ0n) is 39.8. The van der Waals surface area contributed by atoms with Crippen LogP contribution in [0.15, 0.2) is 85.1 Å². The number of rotatable bonds is 44. The third-order valence-corrected chi connectivity index (χ3v) is 11.0. The summed E-state index contributed by atoms with van der Waals surface area (Å²) >= 11 is 0. The highest BCUT2D eigenvalue weighted by Gasteiger charge is 2.23. The van der Waals surface area contributed by atoms with Crippen molar-refractivity contribution >= 4 is 11.9 Å². The van der Waals surface area contributed by atoms with Crippen LogP contribution in [0.5, 0.6) is 0 Å². The van der Waals surface area contributed by atoms with Gasteiger partial charge in [0.1, 0.15) is 6.10 Å². The largest absolute Gasteiger partial charge is 0.462 e. The Balaban J connectivity index is 4.79. The molecule has 1 amide bonds. The van der Waals surface area contributed by atoms with Crippen molar-refractivity contribution in [3.05, 3.63) is 85.1 Å². The molecule has 0 fully saturated rings. The maximum absolute atomic E-state index is 13.2. The Kier molecular flexibility index (Phi) is 45.7. The molecule has 3 unspecified atom stereocenters. The molecule has 0 aliphatic rings. The summed E-state index contributed by atoms with van der Waals surface area (Å²) in [5.74, 6) is -0.616. The van der Waals surface area contributed by atoms with E-state index < -0.39 is 18.2 Å². The van der Waals surface area contributed by atoms with Gasteiger partial charge in [-0.25, -0.2) is 0 Å². The highest BCUT2D eigenvalue weighted by molar-refractivity contribution is 5.77. The number of hydrogen-bond acceptors (Lipinski definition) is 5. The van der Waals surface area contributed by atoms with Gasteiger partial charge in [-0.15, -0.1) is 0 Å². The molecule has 0 aromatic heterocycles. The monoisotopic (exact) mass is 850 g/mol. The van der Waals surface area contributed by atoms with E-state index in [0.29, 0.717) is 19.3 Å². The highest BCUT2D eigenvalue weighted by atomic mass is 16.5. The summed E-state index contributed by atoms with van der Waals surface area (Å²) in [6, 6.07) is -0.733. The van der Waals surface area contributed by atoms with Crippen molar-refractivity contribution in [2.45, 2.75) is 244 Å². The summed E-state index contributed by atoms with van der Waals surface area (Å²) in [5.41, 5.74) is 0. The van der Waals surface area contributed by atoms with Gasteiger partial charge in [-0.3, -0.25) is 9.59 Å². The summed E-state index contributed by atoms with van der Waals surface area (Å²) in [5, 5.41) is 23.7. The van der Waals surface area contributed by atoms with Crippen LogP contribution < -0.4 is 5.32 Å². The third-order valence-electron chi connectivity index (χ3n) is 11.0. The number of aliphatic hydroxyl groups is 2. The van der Waals surface area contributed by atoms with Gasteiger partial charge in [0, 0.05) is 6.42 Å². The van der Waals surface area contributed by atoms with E-state index in [0.717, 1.165) is 77.0 Å². The molecule has 3 N–H and O–H groups in total. The van der Waals surface area contributed by atoms with Crippen molar-refractivity contribution in [3.63, 3.8) is 0 Å². The predicted octanol–water partition coefficient (Wildman–Crippen LogP) is 15.2. The van der Waals surface area contributed by atoms with Gasteiger partial charge in [-0.2, -0.15) is 0 Å². The minimum atomic E-state index is -0.814. The number of amides is 1. The van der Waals surface area contributed by atoms with E-state index in [9.17, 15) is 19.8 Å². The van der Waals surface area contributed by atoms with Gasteiger partial charge in [0.2, 0.25) is 5.91 Å². The van der Waals surface area contributed by atoms with Crippen molar-refractivity contribution in [3.8, 4) is 0 Å². The molecule has 0 saturated carbocycles. The summed E-state index contributed by atoms with van der Waals surface area (Å²) in [6.07, 6.45) is 62.2. The number of carbonyl (C=O) groups excluding carboxylic acids is 2. The predicted molar refractivity (Wildman–Crippen MR) is 264 cm³/mol. The lowest BCUT2D eigenvalue weighted by atomic mass is 10.0. The van der Waals surface area contributed by atoms with Crippen LogP contribution in [-0.2, 0) is 14.3 Å². The zero-order chi connectivity index (χ0) is 44.5. The average Bonchev–Trinajstić information content (AvgIpc) is 3.25. The first kappa shape index (κ1) is 58.0. The lowest BCUT2D eigenvalue weighted by Crippen LogP contribution is -2.46. The molecule has 350 valence electrons. The van der Waals surface area contributed by atoms with Crippen LogP contribution in [0.25, 0.3) is 0 Å². The summed E-state index contributed by atoms with van der Waals surface area (Å²) < 4.78 is 5.86. The van der Waals surface area contributed by atoms with Crippen LogP contribution in [0.4, 0.5) is 0 Å². The first-order valence-corrected chi connectivity index (χ1v) is 25.3. The maximum atomic E-state index is 13.2. The van der Waals surface area contributed by atoms with Crippen molar-refractivity contribution in [2.24, 2.45) is 0 Å². The molecule has 0 rings (SSSR count). The number of hydrogen-bond donors (Lipinski definition) is 3. The molecule has 0 spiro atoms. The molecule has 6 heteroatoms. The number of allylic oxidation sites excluding steroid dienone is 14. The van der Waals surface area contributed by atoms with Crippen molar-refractivity contribution in [1.29, 1.82) is 0 Å². The van der Waals surface area contributed by atoms with Gasteiger partial charge in [0.25, 0.3) is 0 Å². The van der Waals surface area contributed by atoms with Gasteiger partial charge >= 0.3 is 5.97 Å². The van der Waals surface area contributed by atoms with Crippen LogP contribution in [0.2, 0.25) is 0 Å². The van der Waals surface area contributed by atoms with Crippen molar-refractivity contribution in [1.82, 2.24) is 5.32 Å². The standard InChI is InChI=1S/C55H95NO5/c1-4-7-10-13-16-19-22-25-26-27-28-30-31-34-37-40-43-46-51(61-55(60)48-45-42-39-36-33-29-23-20-17-14-11-8-5-2)49-54(59)56-52(50-57)53(58)47-44-41-38-35-32-24-21-18-15-12-9-6-3/h7,10,16,19,25-26,28-30,33-34,37,39,42,51-53,57-58H,4-6,8-9,11-15,17-18,20-24,27,31-32,35-36,38,40-41,43-50H2,1-3H3,(H,56,59)/b10-7-,19-16-,26-25-,30-28-,33-29-,37-34-,42-39+. The topological polar surface area (TPSA) is 95.9 Å². The molecule has 0 aliphatic carbocycles. The first-order valence-electron chi connectivity index (χ1n) is 25.3. The molecule has 0 bridgehead atoms. The van der Waals surface area contributed by atoms with E-state index in [1.54, 1.807) is 0 Å². The van der Waals surface area contributed by atoms with Crippen LogP contribution in [0.3, 0.4) is 0 Å². The molecule has 0 heterocycles. The molecule has 0 aromatic rings. The van der Waals surface area contributed by atoms with Crippen LogP contribution >= 0.6 is 0 Å². The lowest BCUT2D eigenvalue weighted by Gasteiger charge is -2.24. The smallest absolute Gasteiger partial charge is 0.306 e. The number of ether oxygens (including phenoxy) is 1. The Morgan fingerprint density at radius 2 is 0.902 bits per heavy atom. The van der Waals surface area contributed by atoms with Crippen molar-refractivity contribution in [2.75, 3.05) is 6.61 Å². The fourth-order valence-electron chi connectivity index (χ4n) is 7.16. The number of unbranched alkanes of at least 4 members (excludes halogenated alkanes) is 18. The summed E-state index contributed by atoms with van der Waals surface area (Å²) in [7, 11) is 0. The Labute approximate surface area is 376 Å². The Bertz CT molecular complexity index is 1180. The fourth-order valence-corrected chi connectivity index (χ4v) is 7.16. The maximum Gasteiger partial charge on any atom is 0.306 e. The van der Waals surface area contributed by atoms with Gasteiger partial charge < -0.3 is 20.3 Å². The molecular weight excluding hydrogens is 755 g/mol. The molecule has 0 saturated heterocycles. The minimum absolute atomic E-state index is 0.0124. The molecule has 0 radical (unpaired) electrons. The van der Waals surface area contributed by atoms with Crippen LogP contribution in [0.1, 0.15) is 226 Å². The summed E-state index contributed by atoms with van der Waals surface area (Å²) in [4.78, 5) is 26.1. The van der Waals surface area contributed by atoms with Gasteiger partial charge in [-0.1, -0.05) is 215 Å². The second kappa shape index (κ2) is 48.1. The number of nitrogens with one attached hydrogen (secondary N) is 1. The van der Waals surface area contributed by atoms with Gasteiger partial charge in [-0.05, 0) is 83.5 Å². The second-order valence-electron chi connectivity index (χ2n) is 16.8. The molecule has 3 atom stereocenters. The number of esters is 1. The summed E-state index contributed by atoms with van der Waals surface area (Å²) in [6.45, 7) is 6.32. The van der Waals surface area contributed by atoms with Crippen LogP contribution in [0, 0.1) is 0 Å². The first-order chi connectivity index (χ1) is 30.0. The van der Waals surface area contributed by atoms with E-state index >= 15 is 0 Å². The van der Waals surface area contributed by atoms with E-state index in [1.807, 2.05) is 6.08 Å². The van der Waals surface area contributed by atoms with Gasteiger partial charge in [0.05, 0.1) is 25.2 Å². The van der Waals surface area contributed by atoms with E-state index in [2.05, 4.69) is 105 Å². The Hall–Kier alpha value is -2.96. The third kappa shape index (κ3) is 43.5. The molecule has 0 aromatic carbocycles.